The van der Waals surface area contributed by atoms with Crippen molar-refractivity contribution in [3.05, 3.63) is 28.8 Å². The maximum Gasteiger partial charge on any atom is 0.121 e. The van der Waals surface area contributed by atoms with E-state index in [4.69, 9.17) is 16.3 Å². The minimum absolute atomic E-state index is 0.225. The van der Waals surface area contributed by atoms with Crippen LogP contribution in [0.1, 0.15) is 19.4 Å². The van der Waals surface area contributed by atoms with Crippen molar-refractivity contribution in [1.29, 1.82) is 0 Å². The molecule has 0 bridgehead atoms. The van der Waals surface area contributed by atoms with Gasteiger partial charge in [-0.25, -0.2) is 0 Å². The zero-order chi connectivity index (χ0) is 12.4. The zero-order valence-electron chi connectivity index (χ0n) is 10.2. The maximum atomic E-state index is 9.81. The highest BCUT2D eigenvalue weighted by Gasteiger charge is 2.23. The van der Waals surface area contributed by atoms with E-state index in [-0.39, 0.29) is 18.0 Å². The van der Waals surface area contributed by atoms with E-state index in [1.54, 1.807) is 12.1 Å². The number of benzene rings is 1. The second kappa shape index (κ2) is 5.25. The largest absolute Gasteiger partial charge is 0.508 e. The van der Waals surface area contributed by atoms with Crippen molar-refractivity contribution < 1.29 is 9.84 Å². The summed E-state index contributed by atoms with van der Waals surface area (Å²) < 4.78 is 5.68. The summed E-state index contributed by atoms with van der Waals surface area (Å²) in [5.74, 6) is 0.268. The molecule has 0 radical (unpaired) electrons. The first-order valence-corrected chi connectivity index (χ1v) is 6.28. The predicted octanol–water partition coefficient (Wildman–Crippen LogP) is 2.65. The summed E-state index contributed by atoms with van der Waals surface area (Å²) in [6.07, 6.45) is 0.451. The molecule has 1 aliphatic heterocycles. The fraction of sp³-hybridized carbons (Fsp3) is 0.538. The van der Waals surface area contributed by atoms with Gasteiger partial charge in [-0.15, -0.1) is 0 Å². The Morgan fingerprint density at radius 3 is 2.59 bits per heavy atom. The summed E-state index contributed by atoms with van der Waals surface area (Å²) >= 11 is 6.10. The van der Waals surface area contributed by atoms with Crippen LogP contribution in [0.5, 0.6) is 5.75 Å². The molecule has 0 amide bonds. The number of nitrogens with zero attached hydrogens (tertiary/aromatic N) is 1. The van der Waals surface area contributed by atoms with Crippen LogP contribution in [0.3, 0.4) is 0 Å². The smallest absolute Gasteiger partial charge is 0.121 e. The Morgan fingerprint density at radius 1 is 1.35 bits per heavy atom. The standard InChI is InChI=1S/C13H18ClNO2/c1-9-6-15(7-10(2)17-9)8-11-12(14)4-3-5-13(11)16/h3-5,9-10,16H,6-8H2,1-2H3/t9-,10+. The van der Waals surface area contributed by atoms with Crippen molar-refractivity contribution in [2.45, 2.75) is 32.6 Å². The van der Waals surface area contributed by atoms with Gasteiger partial charge in [0.1, 0.15) is 5.75 Å². The second-order valence-corrected chi connectivity index (χ2v) is 5.10. The van der Waals surface area contributed by atoms with Crippen molar-refractivity contribution >= 4 is 11.6 Å². The van der Waals surface area contributed by atoms with Crippen molar-refractivity contribution in [2.75, 3.05) is 13.1 Å². The summed E-state index contributed by atoms with van der Waals surface area (Å²) in [6.45, 7) is 6.54. The SMILES string of the molecule is C[C@@H]1CN(Cc2c(O)cccc2Cl)C[C@H](C)O1. The first-order chi connectivity index (χ1) is 8.06. The molecule has 1 aliphatic rings. The van der Waals surface area contributed by atoms with Crippen LogP contribution >= 0.6 is 11.6 Å². The summed E-state index contributed by atoms with van der Waals surface area (Å²) in [7, 11) is 0. The van der Waals surface area contributed by atoms with Gasteiger partial charge in [0.15, 0.2) is 0 Å². The number of phenolic OH excluding ortho intramolecular Hbond substituents is 1. The zero-order valence-corrected chi connectivity index (χ0v) is 10.9. The van der Waals surface area contributed by atoms with Gasteiger partial charge >= 0.3 is 0 Å². The molecule has 0 aromatic heterocycles. The minimum Gasteiger partial charge on any atom is -0.508 e. The van der Waals surface area contributed by atoms with E-state index in [2.05, 4.69) is 18.7 Å². The lowest BCUT2D eigenvalue weighted by molar-refractivity contribution is -0.0706. The molecule has 1 aromatic carbocycles. The average Bonchev–Trinajstić information content (AvgIpc) is 2.22. The molecule has 94 valence electrons. The highest BCUT2D eigenvalue weighted by atomic mass is 35.5. The fourth-order valence-corrected chi connectivity index (χ4v) is 2.57. The fourth-order valence-electron chi connectivity index (χ4n) is 2.34. The Hall–Kier alpha value is -0.770. The van der Waals surface area contributed by atoms with Gasteiger partial charge in [-0.2, -0.15) is 0 Å². The first kappa shape index (κ1) is 12.7. The molecule has 3 nitrogen and oxygen atoms in total. The van der Waals surface area contributed by atoms with Gasteiger partial charge in [-0.3, -0.25) is 4.90 Å². The molecule has 0 spiro atoms. The number of halogens is 1. The Bertz CT molecular complexity index is 367. The highest BCUT2D eigenvalue weighted by molar-refractivity contribution is 6.31. The number of hydrogen-bond acceptors (Lipinski definition) is 3. The molecule has 1 aromatic rings. The van der Waals surface area contributed by atoms with Gasteiger partial charge < -0.3 is 9.84 Å². The van der Waals surface area contributed by atoms with Gasteiger partial charge in [-0.1, -0.05) is 17.7 Å². The lowest BCUT2D eigenvalue weighted by Crippen LogP contribution is -2.44. The molecule has 4 heteroatoms. The van der Waals surface area contributed by atoms with E-state index < -0.39 is 0 Å². The van der Waals surface area contributed by atoms with Gasteiger partial charge in [0, 0.05) is 30.2 Å². The van der Waals surface area contributed by atoms with Crippen LogP contribution in [0, 0.1) is 0 Å². The van der Waals surface area contributed by atoms with Crippen molar-refractivity contribution in [3.8, 4) is 5.75 Å². The summed E-state index contributed by atoms with van der Waals surface area (Å²) in [5, 5.41) is 10.4. The summed E-state index contributed by atoms with van der Waals surface area (Å²) in [5.41, 5.74) is 0.801. The number of morpholine rings is 1. The third kappa shape index (κ3) is 3.12. The minimum atomic E-state index is 0.225. The van der Waals surface area contributed by atoms with Crippen LogP contribution in [0.15, 0.2) is 18.2 Å². The normalized spacial score (nSPS) is 26.1. The third-order valence-electron chi connectivity index (χ3n) is 2.97. The monoisotopic (exact) mass is 255 g/mol. The van der Waals surface area contributed by atoms with E-state index >= 15 is 0 Å². The quantitative estimate of drug-likeness (QED) is 0.882. The molecule has 1 fully saturated rings. The Labute approximate surface area is 107 Å². The molecule has 1 heterocycles. The second-order valence-electron chi connectivity index (χ2n) is 4.69. The molecule has 2 atom stereocenters. The third-order valence-corrected chi connectivity index (χ3v) is 3.33. The van der Waals surface area contributed by atoms with Crippen LogP contribution < -0.4 is 0 Å². The van der Waals surface area contributed by atoms with E-state index in [1.807, 2.05) is 6.07 Å². The molecule has 0 saturated carbocycles. The molecule has 17 heavy (non-hydrogen) atoms. The van der Waals surface area contributed by atoms with Crippen LogP contribution in [0.4, 0.5) is 0 Å². The lowest BCUT2D eigenvalue weighted by atomic mass is 10.1. The number of phenols is 1. The van der Waals surface area contributed by atoms with E-state index in [9.17, 15) is 5.11 Å². The van der Waals surface area contributed by atoms with Crippen LogP contribution in [-0.4, -0.2) is 35.3 Å². The van der Waals surface area contributed by atoms with Crippen LogP contribution in [0.25, 0.3) is 0 Å². The van der Waals surface area contributed by atoms with Crippen molar-refractivity contribution in [1.82, 2.24) is 4.90 Å². The van der Waals surface area contributed by atoms with Crippen LogP contribution in [-0.2, 0) is 11.3 Å². The molecular weight excluding hydrogens is 238 g/mol. The predicted molar refractivity (Wildman–Crippen MR) is 68.4 cm³/mol. The van der Waals surface area contributed by atoms with E-state index in [1.165, 1.54) is 0 Å². The van der Waals surface area contributed by atoms with E-state index in [0.29, 0.717) is 11.6 Å². The van der Waals surface area contributed by atoms with Gasteiger partial charge in [0.05, 0.1) is 12.2 Å². The molecule has 2 rings (SSSR count). The van der Waals surface area contributed by atoms with Crippen LogP contribution in [0.2, 0.25) is 5.02 Å². The number of rotatable bonds is 2. The molecular formula is C13H18ClNO2. The number of aromatic hydroxyl groups is 1. The van der Waals surface area contributed by atoms with E-state index in [0.717, 1.165) is 18.7 Å². The maximum absolute atomic E-state index is 9.81. The molecule has 1 saturated heterocycles. The molecule has 0 unspecified atom stereocenters. The van der Waals surface area contributed by atoms with Crippen molar-refractivity contribution in [3.63, 3.8) is 0 Å². The summed E-state index contributed by atoms with van der Waals surface area (Å²) in [6, 6.07) is 5.24. The lowest BCUT2D eigenvalue weighted by Gasteiger charge is -2.35. The Balaban J connectivity index is 2.10. The van der Waals surface area contributed by atoms with Gasteiger partial charge in [0.25, 0.3) is 0 Å². The molecule has 0 aliphatic carbocycles. The number of ether oxygens (including phenoxy) is 1. The Kier molecular flexibility index (Phi) is 3.92. The van der Waals surface area contributed by atoms with Gasteiger partial charge in [0.2, 0.25) is 0 Å². The highest BCUT2D eigenvalue weighted by Crippen LogP contribution is 2.27. The Morgan fingerprint density at radius 2 is 2.00 bits per heavy atom. The average molecular weight is 256 g/mol. The van der Waals surface area contributed by atoms with Gasteiger partial charge in [-0.05, 0) is 26.0 Å². The molecule has 1 N–H and O–H groups in total. The first-order valence-electron chi connectivity index (χ1n) is 5.90. The number of hydrogen-bond donors (Lipinski definition) is 1. The van der Waals surface area contributed by atoms with Crippen molar-refractivity contribution in [2.24, 2.45) is 0 Å². The topological polar surface area (TPSA) is 32.7 Å². The summed E-state index contributed by atoms with van der Waals surface area (Å²) in [4.78, 5) is 2.26.